The van der Waals surface area contributed by atoms with Crippen LogP contribution in [0, 0.1) is 11.6 Å². The molecule has 0 aliphatic heterocycles. The molecule has 0 amide bonds. The zero-order chi connectivity index (χ0) is 15.4. The van der Waals surface area contributed by atoms with E-state index in [4.69, 9.17) is 22.1 Å². The molecule has 0 bridgehead atoms. The van der Waals surface area contributed by atoms with Crippen molar-refractivity contribution in [3.63, 3.8) is 0 Å². The van der Waals surface area contributed by atoms with Gasteiger partial charge in [-0.25, -0.2) is 8.78 Å². The lowest BCUT2D eigenvalue weighted by molar-refractivity contribution is 0.301. The highest BCUT2D eigenvalue weighted by molar-refractivity contribution is 6.31. The van der Waals surface area contributed by atoms with Gasteiger partial charge in [0.2, 0.25) is 0 Å². The smallest absolute Gasteiger partial charge is 0.124 e. The molecule has 0 aromatic heterocycles. The summed E-state index contributed by atoms with van der Waals surface area (Å²) in [7, 11) is 0. The molecule has 2 aromatic rings. The number of benzene rings is 2. The molecule has 0 saturated carbocycles. The van der Waals surface area contributed by atoms with Crippen LogP contribution in [0.15, 0.2) is 36.4 Å². The zero-order valence-electron chi connectivity index (χ0n) is 11.6. The predicted molar refractivity (Wildman–Crippen MR) is 79.5 cm³/mol. The molecule has 0 aliphatic carbocycles. The van der Waals surface area contributed by atoms with Gasteiger partial charge in [0.1, 0.15) is 24.0 Å². The lowest BCUT2D eigenvalue weighted by atomic mass is 10.1. The molecule has 0 spiro atoms. The van der Waals surface area contributed by atoms with Gasteiger partial charge in [-0.1, -0.05) is 17.7 Å². The molecule has 5 heteroatoms. The summed E-state index contributed by atoms with van der Waals surface area (Å²) in [5.41, 5.74) is 7.11. The van der Waals surface area contributed by atoms with E-state index in [2.05, 4.69) is 0 Å². The van der Waals surface area contributed by atoms with E-state index in [1.54, 1.807) is 12.1 Å². The van der Waals surface area contributed by atoms with Gasteiger partial charge in [0.05, 0.1) is 5.02 Å². The molecule has 2 aromatic carbocycles. The van der Waals surface area contributed by atoms with E-state index in [0.717, 1.165) is 0 Å². The van der Waals surface area contributed by atoms with Crippen molar-refractivity contribution in [2.24, 2.45) is 5.73 Å². The van der Waals surface area contributed by atoms with Crippen molar-refractivity contribution in [2.45, 2.75) is 26.0 Å². The Bertz CT molecular complexity index is 632. The van der Waals surface area contributed by atoms with Gasteiger partial charge in [0, 0.05) is 11.6 Å². The van der Waals surface area contributed by atoms with Gasteiger partial charge in [0.15, 0.2) is 0 Å². The van der Waals surface area contributed by atoms with E-state index in [1.807, 2.05) is 6.92 Å². The third kappa shape index (κ3) is 4.41. The van der Waals surface area contributed by atoms with E-state index in [1.165, 1.54) is 24.3 Å². The predicted octanol–water partition coefficient (Wildman–Crippen LogP) is 4.09. The molecule has 0 aliphatic rings. The minimum Gasteiger partial charge on any atom is -0.489 e. The van der Waals surface area contributed by atoms with Gasteiger partial charge in [-0.3, -0.25) is 0 Å². The minimum absolute atomic E-state index is 0.108. The normalized spacial score (nSPS) is 12.2. The quantitative estimate of drug-likeness (QED) is 0.902. The SMILES string of the molecule is CC(N)Cc1cc(F)ccc1OCc1ccc(F)cc1Cl. The number of hydrogen-bond acceptors (Lipinski definition) is 2. The average molecular weight is 312 g/mol. The molecule has 1 unspecified atom stereocenters. The molecular formula is C16H16ClF2NO. The van der Waals surface area contributed by atoms with Crippen molar-refractivity contribution >= 4 is 11.6 Å². The lowest BCUT2D eigenvalue weighted by Crippen LogP contribution is -2.18. The summed E-state index contributed by atoms with van der Waals surface area (Å²) in [5, 5.41) is 0.297. The Morgan fingerprint density at radius 1 is 1.10 bits per heavy atom. The van der Waals surface area contributed by atoms with Crippen LogP contribution in [0.3, 0.4) is 0 Å². The Morgan fingerprint density at radius 3 is 2.43 bits per heavy atom. The van der Waals surface area contributed by atoms with Crippen LogP contribution in [0.2, 0.25) is 5.02 Å². The fourth-order valence-corrected chi connectivity index (χ4v) is 2.21. The lowest BCUT2D eigenvalue weighted by Gasteiger charge is -2.14. The highest BCUT2D eigenvalue weighted by Gasteiger charge is 2.09. The van der Waals surface area contributed by atoms with Gasteiger partial charge < -0.3 is 10.5 Å². The second-order valence-electron chi connectivity index (χ2n) is 4.96. The van der Waals surface area contributed by atoms with Crippen molar-refractivity contribution in [3.8, 4) is 5.75 Å². The third-order valence-corrected chi connectivity index (χ3v) is 3.31. The molecular weight excluding hydrogens is 296 g/mol. The Kier molecular flexibility index (Phi) is 5.15. The molecule has 0 fully saturated rings. The van der Waals surface area contributed by atoms with Crippen LogP contribution in [0.25, 0.3) is 0 Å². The molecule has 0 heterocycles. The molecule has 1 atom stereocenters. The minimum atomic E-state index is -0.400. The number of ether oxygens (including phenoxy) is 1. The van der Waals surface area contributed by atoms with Gasteiger partial charge in [-0.2, -0.15) is 0 Å². The van der Waals surface area contributed by atoms with E-state index in [0.29, 0.717) is 28.3 Å². The largest absolute Gasteiger partial charge is 0.489 e. The summed E-state index contributed by atoms with van der Waals surface area (Å²) >= 11 is 5.95. The standard InChI is InChI=1S/C16H16ClF2NO/c1-10(20)6-12-7-13(18)4-5-16(12)21-9-11-2-3-14(19)8-15(11)17/h2-5,7-8,10H,6,9,20H2,1H3. The molecule has 0 radical (unpaired) electrons. The van der Waals surface area contributed by atoms with Crippen LogP contribution in [0.5, 0.6) is 5.75 Å². The summed E-state index contributed by atoms with van der Waals surface area (Å²) in [6.07, 6.45) is 0.504. The van der Waals surface area contributed by atoms with Gasteiger partial charge in [0.25, 0.3) is 0 Å². The van der Waals surface area contributed by atoms with Crippen molar-refractivity contribution in [2.75, 3.05) is 0 Å². The average Bonchev–Trinajstić information content (AvgIpc) is 2.39. The fourth-order valence-electron chi connectivity index (χ4n) is 1.99. The molecule has 0 saturated heterocycles. The van der Waals surface area contributed by atoms with Crippen molar-refractivity contribution in [1.29, 1.82) is 0 Å². The van der Waals surface area contributed by atoms with Crippen LogP contribution in [-0.2, 0) is 13.0 Å². The summed E-state index contributed by atoms with van der Waals surface area (Å²) in [6, 6.07) is 8.29. The second-order valence-corrected chi connectivity index (χ2v) is 5.37. The monoisotopic (exact) mass is 311 g/mol. The Labute approximate surface area is 127 Å². The summed E-state index contributed by atoms with van der Waals surface area (Å²) < 4.78 is 32.0. The van der Waals surface area contributed by atoms with Crippen molar-refractivity contribution in [3.05, 3.63) is 64.2 Å². The van der Waals surface area contributed by atoms with Gasteiger partial charge in [-0.15, -0.1) is 0 Å². The van der Waals surface area contributed by atoms with E-state index >= 15 is 0 Å². The van der Waals surface area contributed by atoms with Crippen LogP contribution in [0.4, 0.5) is 8.78 Å². The first-order valence-electron chi connectivity index (χ1n) is 6.56. The van der Waals surface area contributed by atoms with Crippen molar-refractivity contribution in [1.82, 2.24) is 0 Å². The van der Waals surface area contributed by atoms with Crippen LogP contribution >= 0.6 is 11.6 Å². The highest BCUT2D eigenvalue weighted by atomic mass is 35.5. The number of hydrogen-bond donors (Lipinski definition) is 1. The topological polar surface area (TPSA) is 35.2 Å². The van der Waals surface area contributed by atoms with Crippen LogP contribution in [0.1, 0.15) is 18.1 Å². The summed E-state index contributed by atoms with van der Waals surface area (Å²) in [4.78, 5) is 0. The third-order valence-electron chi connectivity index (χ3n) is 2.96. The summed E-state index contributed by atoms with van der Waals surface area (Å²) in [5.74, 6) is -0.185. The van der Waals surface area contributed by atoms with E-state index < -0.39 is 5.82 Å². The highest BCUT2D eigenvalue weighted by Crippen LogP contribution is 2.24. The molecule has 2 rings (SSSR count). The number of rotatable bonds is 5. The van der Waals surface area contributed by atoms with E-state index in [9.17, 15) is 8.78 Å². The first-order valence-corrected chi connectivity index (χ1v) is 6.94. The van der Waals surface area contributed by atoms with Crippen LogP contribution in [-0.4, -0.2) is 6.04 Å². The van der Waals surface area contributed by atoms with Gasteiger partial charge in [-0.05, 0) is 49.2 Å². The Balaban J connectivity index is 2.15. The maximum absolute atomic E-state index is 13.3. The molecule has 2 nitrogen and oxygen atoms in total. The zero-order valence-corrected chi connectivity index (χ0v) is 12.3. The fraction of sp³-hybridized carbons (Fsp3) is 0.250. The number of halogens is 3. The molecule has 2 N–H and O–H groups in total. The van der Waals surface area contributed by atoms with Gasteiger partial charge >= 0.3 is 0 Å². The van der Waals surface area contributed by atoms with Crippen molar-refractivity contribution < 1.29 is 13.5 Å². The first kappa shape index (κ1) is 15.7. The van der Waals surface area contributed by atoms with E-state index in [-0.39, 0.29) is 18.5 Å². The first-order chi connectivity index (χ1) is 9.95. The number of nitrogens with two attached hydrogens (primary N) is 1. The second kappa shape index (κ2) is 6.87. The maximum Gasteiger partial charge on any atom is 0.124 e. The Hall–Kier alpha value is -1.65. The Morgan fingerprint density at radius 2 is 1.76 bits per heavy atom. The maximum atomic E-state index is 13.3. The summed E-state index contributed by atoms with van der Waals surface area (Å²) in [6.45, 7) is 2.02. The van der Waals surface area contributed by atoms with Crippen LogP contribution < -0.4 is 10.5 Å². The molecule has 21 heavy (non-hydrogen) atoms. The molecule has 112 valence electrons.